The van der Waals surface area contributed by atoms with Crippen molar-refractivity contribution in [3.8, 4) is 5.69 Å². The molecule has 31 heavy (non-hydrogen) atoms. The van der Waals surface area contributed by atoms with E-state index in [0.717, 1.165) is 11.3 Å². The molecule has 3 aromatic rings. The lowest BCUT2D eigenvalue weighted by Crippen LogP contribution is -2.50. The average molecular weight is 421 g/mol. The van der Waals surface area contributed by atoms with Crippen LogP contribution in [0.4, 0.5) is 10.1 Å². The minimum Gasteiger partial charge on any atom is -0.340 e. The molecule has 2 aromatic carbocycles. The summed E-state index contributed by atoms with van der Waals surface area (Å²) >= 11 is 0. The summed E-state index contributed by atoms with van der Waals surface area (Å²) in [6.45, 7) is 2.66. The Morgan fingerprint density at radius 3 is 2.39 bits per heavy atom. The molecule has 0 atom stereocenters. The van der Waals surface area contributed by atoms with Crippen molar-refractivity contribution in [3.05, 3.63) is 78.4 Å². The molecule has 2 amide bonds. The maximum Gasteiger partial charge on any atom is 0.238 e. The van der Waals surface area contributed by atoms with E-state index >= 15 is 0 Å². The molecule has 0 bridgehead atoms. The van der Waals surface area contributed by atoms with E-state index in [1.807, 2.05) is 46.3 Å². The zero-order chi connectivity index (χ0) is 21.6. The molecule has 1 aromatic heterocycles. The normalized spacial score (nSPS) is 14.4. The SMILES string of the molecule is O=C(CN1CCN(C(=O)Cc2cnn(-c3ccccc3)c2)CC1)Nc1ccc(F)cc1. The molecule has 8 heteroatoms. The predicted octanol–water partition coefficient (Wildman–Crippen LogP) is 2.34. The van der Waals surface area contributed by atoms with E-state index in [-0.39, 0.29) is 24.2 Å². The maximum atomic E-state index is 13.0. The number of para-hydroxylation sites is 1. The van der Waals surface area contributed by atoms with Gasteiger partial charge in [-0.15, -0.1) is 0 Å². The smallest absolute Gasteiger partial charge is 0.238 e. The molecule has 0 saturated carbocycles. The molecule has 160 valence electrons. The van der Waals surface area contributed by atoms with Gasteiger partial charge in [-0.05, 0) is 42.0 Å². The molecule has 0 unspecified atom stereocenters. The topological polar surface area (TPSA) is 70.5 Å². The number of amides is 2. The van der Waals surface area contributed by atoms with Gasteiger partial charge in [0.2, 0.25) is 11.8 Å². The van der Waals surface area contributed by atoms with Gasteiger partial charge in [0.25, 0.3) is 0 Å². The van der Waals surface area contributed by atoms with Gasteiger partial charge in [0.05, 0.1) is 24.8 Å². The Labute approximate surface area is 180 Å². The number of rotatable bonds is 6. The van der Waals surface area contributed by atoms with Gasteiger partial charge >= 0.3 is 0 Å². The highest BCUT2D eigenvalue weighted by Crippen LogP contribution is 2.11. The van der Waals surface area contributed by atoms with Crippen molar-refractivity contribution in [1.29, 1.82) is 0 Å². The van der Waals surface area contributed by atoms with E-state index in [9.17, 15) is 14.0 Å². The quantitative estimate of drug-likeness (QED) is 0.663. The van der Waals surface area contributed by atoms with Crippen molar-refractivity contribution in [2.75, 3.05) is 38.0 Å². The van der Waals surface area contributed by atoms with E-state index in [4.69, 9.17) is 0 Å². The van der Waals surface area contributed by atoms with E-state index in [1.54, 1.807) is 10.9 Å². The summed E-state index contributed by atoms with van der Waals surface area (Å²) in [6, 6.07) is 15.4. The molecule has 1 N–H and O–H groups in total. The van der Waals surface area contributed by atoms with Crippen LogP contribution in [0.5, 0.6) is 0 Å². The number of anilines is 1. The van der Waals surface area contributed by atoms with Gasteiger partial charge in [-0.2, -0.15) is 5.10 Å². The van der Waals surface area contributed by atoms with Gasteiger partial charge < -0.3 is 10.2 Å². The summed E-state index contributed by atoms with van der Waals surface area (Å²) in [4.78, 5) is 28.7. The molecule has 0 spiro atoms. The molecule has 1 fully saturated rings. The number of nitrogens with one attached hydrogen (secondary N) is 1. The van der Waals surface area contributed by atoms with Crippen LogP contribution in [0.25, 0.3) is 5.69 Å². The minimum absolute atomic E-state index is 0.0584. The van der Waals surface area contributed by atoms with Crippen molar-refractivity contribution in [3.63, 3.8) is 0 Å². The Hall–Kier alpha value is -3.52. The summed E-state index contributed by atoms with van der Waals surface area (Å²) in [6.07, 6.45) is 3.90. The van der Waals surface area contributed by atoms with Gasteiger partial charge in [-0.25, -0.2) is 9.07 Å². The van der Waals surface area contributed by atoms with E-state index in [1.165, 1.54) is 24.3 Å². The van der Waals surface area contributed by atoms with Crippen molar-refractivity contribution in [2.45, 2.75) is 6.42 Å². The molecule has 2 heterocycles. The molecule has 0 aliphatic carbocycles. The lowest BCUT2D eigenvalue weighted by Gasteiger charge is -2.34. The third-order valence-corrected chi connectivity index (χ3v) is 5.23. The Balaban J connectivity index is 1.23. The van der Waals surface area contributed by atoms with Crippen LogP contribution >= 0.6 is 0 Å². The summed E-state index contributed by atoms with van der Waals surface area (Å²) in [5.74, 6) is -0.436. The van der Waals surface area contributed by atoms with Crippen LogP contribution < -0.4 is 5.32 Å². The van der Waals surface area contributed by atoms with Crippen LogP contribution in [-0.2, 0) is 16.0 Å². The average Bonchev–Trinajstić information content (AvgIpc) is 3.25. The zero-order valence-electron chi connectivity index (χ0n) is 17.1. The van der Waals surface area contributed by atoms with Crippen LogP contribution in [0.3, 0.4) is 0 Å². The molecular formula is C23H24FN5O2. The maximum absolute atomic E-state index is 13.0. The first-order chi connectivity index (χ1) is 15.1. The van der Waals surface area contributed by atoms with Gasteiger partial charge in [0.15, 0.2) is 0 Å². The monoisotopic (exact) mass is 421 g/mol. The Morgan fingerprint density at radius 2 is 1.68 bits per heavy atom. The number of benzene rings is 2. The number of carbonyl (C=O) groups excluding carboxylic acids is 2. The van der Waals surface area contributed by atoms with Crippen molar-refractivity contribution >= 4 is 17.5 Å². The lowest BCUT2D eigenvalue weighted by atomic mass is 10.2. The molecular weight excluding hydrogens is 397 g/mol. The second-order valence-electron chi connectivity index (χ2n) is 7.52. The minimum atomic E-state index is -0.341. The third kappa shape index (κ3) is 5.55. The number of piperazine rings is 1. The first kappa shape index (κ1) is 20.7. The van der Waals surface area contributed by atoms with Crippen molar-refractivity contribution in [1.82, 2.24) is 19.6 Å². The molecule has 0 radical (unpaired) electrons. The zero-order valence-corrected chi connectivity index (χ0v) is 17.1. The van der Waals surface area contributed by atoms with Crippen LogP contribution in [0.1, 0.15) is 5.56 Å². The number of carbonyl (C=O) groups is 2. The van der Waals surface area contributed by atoms with Gasteiger partial charge in [0.1, 0.15) is 5.82 Å². The highest BCUT2D eigenvalue weighted by Gasteiger charge is 2.23. The van der Waals surface area contributed by atoms with Crippen LogP contribution in [0.2, 0.25) is 0 Å². The summed E-state index contributed by atoms with van der Waals surface area (Å²) < 4.78 is 14.7. The number of halogens is 1. The Morgan fingerprint density at radius 1 is 0.968 bits per heavy atom. The molecule has 1 saturated heterocycles. The fraction of sp³-hybridized carbons (Fsp3) is 0.261. The Kier molecular flexibility index (Phi) is 6.37. The standard InChI is InChI=1S/C23H24FN5O2/c24-19-6-8-20(9-7-19)26-22(30)17-27-10-12-28(13-11-27)23(31)14-18-15-25-29(16-18)21-4-2-1-3-5-21/h1-9,15-16H,10-14,17H2,(H,26,30). The first-order valence-electron chi connectivity index (χ1n) is 10.2. The van der Waals surface area contributed by atoms with Gasteiger partial charge in [-0.3, -0.25) is 14.5 Å². The molecule has 1 aliphatic rings. The second-order valence-corrected chi connectivity index (χ2v) is 7.52. The lowest BCUT2D eigenvalue weighted by molar-refractivity contribution is -0.132. The van der Waals surface area contributed by atoms with E-state index in [0.29, 0.717) is 38.3 Å². The molecule has 4 rings (SSSR count). The van der Waals surface area contributed by atoms with Crippen molar-refractivity contribution < 1.29 is 14.0 Å². The number of aromatic nitrogens is 2. The summed E-state index contributed by atoms with van der Waals surface area (Å²) in [5, 5.41) is 7.10. The fourth-order valence-electron chi connectivity index (χ4n) is 3.55. The summed E-state index contributed by atoms with van der Waals surface area (Å²) in [5.41, 5.74) is 2.39. The van der Waals surface area contributed by atoms with Crippen molar-refractivity contribution in [2.24, 2.45) is 0 Å². The molecule has 1 aliphatic heterocycles. The van der Waals surface area contributed by atoms with E-state index < -0.39 is 0 Å². The second kappa shape index (κ2) is 9.53. The van der Waals surface area contributed by atoms with Crippen LogP contribution in [0.15, 0.2) is 67.0 Å². The Bertz CT molecular complexity index is 1030. The third-order valence-electron chi connectivity index (χ3n) is 5.23. The summed E-state index contributed by atoms with van der Waals surface area (Å²) in [7, 11) is 0. The van der Waals surface area contributed by atoms with Gasteiger partial charge in [0, 0.05) is 38.1 Å². The van der Waals surface area contributed by atoms with Gasteiger partial charge in [-0.1, -0.05) is 18.2 Å². The first-order valence-corrected chi connectivity index (χ1v) is 10.2. The number of hydrogen-bond acceptors (Lipinski definition) is 4. The van der Waals surface area contributed by atoms with Crippen LogP contribution in [0, 0.1) is 5.82 Å². The molecule has 7 nitrogen and oxygen atoms in total. The van der Waals surface area contributed by atoms with Crippen LogP contribution in [-0.4, -0.2) is 64.1 Å². The fourth-order valence-corrected chi connectivity index (χ4v) is 3.55. The predicted molar refractivity (Wildman–Crippen MR) is 115 cm³/mol. The highest BCUT2D eigenvalue weighted by molar-refractivity contribution is 5.92. The van der Waals surface area contributed by atoms with E-state index in [2.05, 4.69) is 10.4 Å². The number of hydrogen-bond donors (Lipinski definition) is 1. The largest absolute Gasteiger partial charge is 0.340 e. The number of nitrogens with zero attached hydrogens (tertiary/aromatic N) is 4. The highest BCUT2D eigenvalue weighted by atomic mass is 19.1.